The Labute approximate surface area is 130 Å². The molecule has 3 atom stereocenters. The maximum Gasteiger partial charge on any atom is 0.411 e. The molecule has 6 heteroatoms. The van der Waals surface area contributed by atoms with E-state index in [0.29, 0.717) is 13.0 Å². The number of amides is 1. The van der Waals surface area contributed by atoms with Crippen LogP contribution < -0.4 is 5.32 Å². The first kappa shape index (κ1) is 16.5. The molecule has 1 aliphatic heterocycles. The Kier molecular flexibility index (Phi) is 4.90. The SMILES string of the molecule is CC(C)(C)OC(=O)N1C[C@H](NC2C=CC=CC2)C[C@H]1C(=O)O. The van der Waals surface area contributed by atoms with Crippen LogP contribution in [0.2, 0.25) is 0 Å². The van der Waals surface area contributed by atoms with E-state index < -0.39 is 23.7 Å². The summed E-state index contributed by atoms with van der Waals surface area (Å²) in [5.41, 5.74) is -0.636. The third kappa shape index (κ3) is 4.34. The minimum Gasteiger partial charge on any atom is -0.480 e. The zero-order valence-electron chi connectivity index (χ0n) is 13.3. The molecule has 1 saturated heterocycles. The van der Waals surface area contributed by atoms with E-state index >= 15 is 0 Å². The lowest BCUT2D eigenvalue weighted by atomic mass is 10.1. The Bertz CT molecular complexity index is 493. The van der Waals surface area contributed by atoms with E-state index in [1.165, 1.54) is 4.90 Å². The number of nitrogens with zero attached hydrogens (tertiary/aromatic N) is 1. The van der Waals surface area contributed by atoms with Crippen molar-refractivity contribution in [3.8, 4) is 0 Å². The van der Waals surface area contributed by atoms with Crippen LogP contribution in [0, 0.1) is 0 Å². The van der Waals surface area contributed by atoms with Gasteiger partial charge in [0.05, 0.1) is 0 Å². The number of carboxylic acid groups (broad SMARTS) is 1. The van der Waals surface area contributed by atoms with Gasteiger partial charge < -0.3 is 15.2 Å². The number of carbonyl (C=O) groups is 2. The number of hydrogen-bond donors (Lipinski definition) is 2. The van der Waals surface area contributed by atoms with E-state index in [2.05, 4.69) is 11.4 Å². The fraction of sp³-hybridized carbons (Fsp3) is 0.625. The zero-order valence-corrected chi connectivity index (χ0v) is 13.3. The highest BCUT2D eigenvalue weighted by Crippen LogP contribution is 2.22. The molecule has 1 aliphatic carbocycles. The van der Waals surface area contributed by atoms with Crippen molar-refractivity contribution in [3.05, 3.63) is 24.3 Å². The van der Waals surface area contributed by atoms with Crippen molar-refractivity contribution in [2.24, 2.45) is 0 Å². The smallest absolute Gasteiger partial charge is 0.411 e. The van der Waals surface area contributed by atoms with Gasteiger partial charge >= 0.3 is 12.1 Å². The topological polar surface area (TPSA) is 78.9 Å². The molecule has 6 nitrogen and oxygen atoms in total. The van der Waals surface area contributed by atoms with E-state index in [-0.39, 0.29) is 12.1 Å². The minimum atomic E-state index is -0.991. The van der Waals surface area contributed by atoms with Crippen LogP contribution in [0.3, 0.4) is 0 Å². The first-order chi connectivity index (χ1) is 10.3. The largest absolute Gasteiger partial charge is 0.480 e. The molecule has 1 heterocycles. The normalized spacial score (nSPS) is 28.0. The second-order valence-corrected chi connectivity index (χ2v) is 6.74. The first-order valence-corrected chi connectivity index (χ1v) is 7.58. The number of carbonyl (C=O) groups excluding carboxylic acids is 1. The first-order valence-electron chi connectivity index (χ1n) is 7.58. The zero-order chi connectivity index (χ0) is 16.3. The van der Waals surface area contributed by atoms with Crippen LogP contribution in [0.25, 0.3) is 0 Å². The maximum absolute atomic E-state index is 12.2. The Morgan fingerprint density at radius 2 is 2.05 bits per heavy atom. The fourth-order valence-corrected chi connectivity index (χ4v) is 2.72. The van der Waals surface area contributed by atoms with Crippen LogP contribution >= 0.6 is 0 Å². The molecule has 0 bridgehead atoms. The van der Waals surface area contributed by atoms with Gasteiger partial charge in [-0.3, -0.25) is 4.90 Å². The van der Waals surface area contributed by atoms with Crippen molar-refractivity contribution in [2.75, 3.05) is 6.54 Å². The molecule has 2 aliphatic rings. The molecule has 22 heavy (non-hydrogen) atoms. The van der Waals surface area contributed by atoms with Gasteiger partial charge in [-0.25, -0.2) is 9.59 Å². The number of likely N-dealkylation sites (tertiary alicyclic amines) is 1. The fourth-order valence-electron chi connectivity index (χ4n) is 2.72. The molecule has 0 spiro atoms. The Morgan fingerprint density at radius 3 is 2.59 bits per heavy atom. The van der Waals surface area contributed by atoms with Crippen LogP contribution in [-0.2, 0) is 9.53 Å². The third-order valence-electron chi connectivity index (χ3n) is 3.64. The van der Waals surface area contributed by atoms with Crippen molar-refractivity contribution in [1.29, 1.82) is 0 Å². The predicted octanol–water partition coefficient (Wildman–Crippen LogP) is 1.92. The molecule has 0 aromatic rings. The second kappa shape index (κ2) is 6.52. The lowest BCUT2D eigenvalue weighted by Crippen LogP contribution is -2.44. The summed E-state index contributed by atoms with van der Waals surface area (Å²) in [7, 11) is 0. The van der Waals surface area contributed by atoms with Crippen molar-refractivity contribution >= 4 is 12.1 Å². The van der Waals surface area contributed by atoms with Crippen molar-refractivity contribution in [3.63, 3.8) is 0 Å². The maximum atomic E-state index is 12.2. The minimum absolute atomic E-state index is 0.0465. The van der Waals surface area contributed by atoms with Gasteiger partial charge in [0.1, 0.15) is 11.6 Å². The predicted molar refractivity (Wildman–Crippen MR) is 82.6 cm³/mol. The van der Waals surface area contributed by atoms with Crippen molar-refractivity contribution in [2.45, 2.75) is 57.3 Å². The van der Waals surface area contributed by atoms with E-state index in [9.17, 15) is 14.7 Å². The average Bonchev–Trinajstić information content (AvgIpc) is 2.82. The Balaban J connectivity index is 2.00. The number of carboxylic acids is 1. The van der Waals surface area contributed by atoms with Crippen LogP contribution in [0.1, 0.15) is 33.6 Å². The molecule has 0 aromatic heterocycles. The lowest BCUT2D eigenvalue weighted by molar-refractivity contribution is -0.142. The van der Waals surface area contributed by atoms with Gasteiger partial charge in [-0.15, -0.1) is 0 Å². The summed E-state index contributed by atoms with van der Waals surface area (Å²) in [5, 5.41) is 12.8. The number of allylic oxidation sites excluding steroid dienone is 2. The number of rotatable bonds is 3. The molecular formula is C16H24N2O4. The molecule has 0 radical (unpaired) electrons. The van der Waals surface area contributed by atoms with E-state index in [0.717, 1.165) is 6.42 Å². The van der Waals surface area contributed by atoms with Gasteiger partial charge in [0.2, 0.25) is 0 Å². The number of nitrogens with one attached hydrogen (secondary N) is 1. The summed E-state index contributed by atoms with van der Waals surface area (Å²) in [4.78, 5) is 24.9. The van der Waals surface area contributed by atoms with Crippen LogP contribution in [0.15, 0.2) is 24.3 Å². The third-order valence-corrected chi connectivity index (χ3v) is 3.64. The summed E-state index contributed by atoms with van der Waals surface area (Å²) in [5.74, 6) is -0.991. The van der Waals surface area contributed by atoms with Gasteiger partial charge in [-0.1, -0.05) is 24.3 Å². The van der Waals surface area contributed by atoms with Gasteiger partial charge in [-0.05, 0) is 33.6 Å². The van der Waals surface area contributed by atoms with Crippen LogP contribution in [0.5, 0.6) is 0 Å². The van der Waals surface area contributed by atoms with E-state index in [1.54, 1.807) is 20.8 Å². The number of ether oxygens (including phenoxy) is 1. The Hall–Kier alpha value is -1.82. The summed E-state index contributed by atoms with van der Waals surface area (Å²) in [6.45, 7) is 5.66. The highest BCUT2D eigenvalue weighted by molar-refractivity contribution is 5.81. The van der Waals surface area contributed by atoms with Gasteiger partial charge in [0, 0.05) is 18.6 Å². The molecule has 0 saturated carbocycles. The number of aliphatic carboxylic acids is 1. The van der Waals surface area contributed by atoms with Gasteiger partial charge in [0.25, 0.3) is 0 Å². The monoisotopic (exact) mass is 308 g/mol. The summed E-state index contributed by atoms with van der Waals surface area (Å²) in [6.07, 6.45) is 8.76. The standard InChI is InChI=1S/C16H24N2O4/c1-16(2,3)22-15(21)18-10-12(9-13(18)14(19)20)17-11-7-5-4-6-8-11/h4-7,11-13,17H,8-10H2,1-3H3,(H,19,20)/t11?,12-,13+/m1/s1. The van der Waals surface area contributed by atoms with Crippen LogP contribution in [0.4, 0.5) is 4.79 Å². The molecule has 1 amide bonds. The molecule has 1 fully saturated rings. The molecule has 0 aromatic carbocycles. The summed E-state index contributed by atoms with van der Waals surface area (Å²) in [6, 6.07) is -0.701. The average molecular weight is 308 g/mol. The molecular weight excluding hydrogens is 284 g/mol. The molecule has 122 valence electrons. The quantitative estimate of drug-likeness (QED) is 0.833. The lowest BCUT2D eigenvalue weighted by Gasteiger charge is -2.27. The van der Waals surface area contributed by atoms with Crippen molar-refractivity contribution < 1.29 is 19.4 Å². The van der Waals surface area contributed by atoms with Gasteiger partial charge in [-0.2, -0.15) is 0 Å². The number of hydrogen-bond acceptors (Lipinski definition) is 4. The van der Waals surface area contributed by atoms with Crippen LogP contribution in [-0.4, -0.2) is 52.3 Å². The van der Waals surface area contributed by atoms with E-state index in [4.69, 9.17) is 4.74 Å². The van der Waals surface area contributed by atoms with E-state index in [1.807, 2.05) is 18.2 Å². The molecule has 1 unspecified atom stereocenters. The molecule has 2 N–H and O–H groups in total. The summed E-state index contributed by atoms with van der Waals surface area (Å²) < 4.78 is 5.31. The summed E-state index contributed by atoms with van der Waals surface area (Å²) >= 11 is 0. The molecule has 2 rings (SSSR count). The van der Waals surface area contributed by atoms with Crippen molar-refractivity contribution in [1.82, 2.24) is 10.2 Å². The van der Waals surface area contributed by atoms with Gasteiger partial charge in [0.15, 0.2) is 0 Å². The second-order valence-electron chi connectivity index (χ2n) is 6.74. The Morgan fingerprint density at radius 1 is 1.32 bits per heavy atom. The highest BCUT2D eigenvalue weighted by atomic mass is 16.6. The highest BCUT2D eigenvalue weighted by Gasteiger charge is 2.41.